The largest absolute Gasteiger partial charge is 0.342 e. The van der Waals surface area contributed by atoms with Crippen molar-refractivity contribution in [1.29, 1.82) is 0 Å². The molecule has 30 valence electrons. The highest BCUT2D eigenvalue weighted by molar-refractivity contribution is 4.33. The molecule has 0 aromatic rings. The highest BCUT2D eigenvalue weighted by Crippen LogP contribution is 1.83. The molecule has 0 aromatic heterocycles. The van der Waals surface area contributed by atoms with Crippen molar-refractivity contribution < 1.29 is 5.11 Å². The average Bonchev–Trinajstić information content (AvgIpc) is 1.38. The average molecular weight is 73.1 g/mol. The molecule has 1 unspecified atom stereocenters. The molecule has 5 heavy (non-hydrogen) atoms. The van der Waals surface area contributed by atoms with E-state index in [-0.39, 0.29) is 6.10 Å². The Morgan fingerprint density at radius 2 is 2.00 bits per heavy atom. The SMILES string of the molecule is CCC(C)[O+]. The second-order valence-electron chi connectivity index (χ2n) is 1.22. The predicted octanol–water partition coefficient (Wildman–Crippen LogP) is 1.22. The first kappa shape index (κ1) is 4.96. The van der Waals surface area contributed by atoms with Crippen molar-refractivity contribution >= 4 is 0 Å². The third-order valence-corrected chi connectivity index (χ3v) is 0.575. The van der Waals surface area contributed by atoms with Gasteiger partial charge in [-0.25, -0.2) is 0 Å². The Morgan fingerprint density at radius 3 is 2.00 bits per heavy atom. The van der Waals surface area contributed by atoms with E-state index in [4.69, 9.17) is 0 Å². The Labute approximate surface area is 32.6 Å². The molecule has 1 heteroatoms. The van der Waals surface area contributed by atoms with E-state index in [1.807, 2.05) is 6.92 Å². The highest BCUT2D eigenvalue weighted by Gasteiger charge is 2.05. The monoisotopic (exact) mass is 73.1 g/mol. The van der Waals surface area contributed by atoms with Crippen molar-refractivity contribution in [3.05, 3.63) is 0 Å². The molecule has 0 rings (SSSR count). The molecular weight excluding hydrogens is 64.0 g/mol. The minimum Gasteiger partial charge on any atom is -0.0570 e. The summed E-state index contributed by atoms with van der Waals surface area (Å²) in [5, 5.41) is 9.90. The molecule has 1 nitrogen and oxygen atoms in total. The van der Waals surface area contributed by atoms with Gasteiger partial charge in [0.25, 0.3) is 5.11 Å². The van der Waals surface area contributed by atoms with Gasteiger partial charge in [-0.3, -0.25) is 0 Å². The van der Waals surface area contributed by atoms with Gasteiger partial charge in [-0.15, -0.1) is 0 Å². The van der Waals surface area contributed by atoms with Gasteiger partial charge in [0, 0.05) is 13.3 Å². The summed E-state index contributed by atoms with van der Waals surface area (Å²) >= 11 is 0. The zero-order chi connectivity index (χ0) is 4.28. The van der Waals surface area contributed by atoms with Gasteiger partial charge >= 0.3 is 6.10 Å². The second kappa shape index (κ2) is 2.21. The molecule has 0 aromatic carbocycles. The molecule has 0 amide bonds. The molecule has 0 bridgehead atoms. The number of rotatable bonds is 1. The summed E-state index contributed by atoms with van der Waals surface area (Å²) < 4.78 is 0. The lowest BCUT2D eigenvalue weighted by Crippen LogP contribution is -1.90. The van der Waals surface area contributed by atoms with Crippen LogP contribution >= 0.6 is 0 Å². The zero-order valence-electron chi connectivity index (χ0n) is 3.69. The highest BCUT2D eigenvalue weighted by atomic mass is 16.3. The molecule has 2 radical (unpaired) electrons. The molecule has 0 saturated carbocycles. The maximum absolute atomic E-state index is 9.90. The Hall–Kier alpha value is -0.0400. The Bertz CT molecular complexity index is 17.6. The van der Waals surface area contributed by atoms with Gasteiger partial charge in [0.1, 0.15) is 0 Å². The van der Waals surface area contributed by atoms with Crippen LogP contribution in [0.4, 0.5) is 0 Å². The van der Waals surface area contributed by atoms with Crippen LogP contribution in [-0.4, -0.2) is 6.10 Å². The van der Waals surface area contributed by atoms with Gasteiger partial charge in [-0.2, -0.15) is 0 Å². The van der Waals surface area contributed by atoms with Gasteiger partial charge in [-0.1, -0.05) is 6.92 Å². The van der Waals surface area contributed by atoms with Crippen molar-refractivity contribution in [2.24, 2.45) is 0 Å². The van der Waals surface area contributed by atoms with Crippen LogP contribution in [0.5, 0.6) is 0 Å². The number of hydrogen-bond acceptors (Lipinski definition) is 0. The van der Waals surface area contributed by atoms with Crippen LogP contribution < -0.4 is 0 Å². The van der Waals surface area contributed by atoms with Crippen molar-refractivity contribution in [2.75, 3.05) is 0 Å². The topological polar surface area (TPSA) is 19.9 Å². The maximum atomic E-state index is 9.90. The molecule has 0 aliphatic heterocycles. The van der Waals surface area contributed by atoms with E-state index in [2.05, 4.69) is 0 Å². The van der Waals surface area contributed by atoms with Crippen LogP contribution in [0, 0.1) is 0 Å². The van der Waals surface area contributed by atoms with Crippen molar-refractivity contribution in [2.45, 2.75) is 26.4 Å². The molecule has 0 aliphatic carbocycles. The minimum absolute atomic E-state index is 0.366. The number of hydrogen-bond donors (Lipinski definition) is 0. The lowest BCUT2D eigenvalue weighted by atomic mass is 10.3. The molecule has 0 saturated heterocycles. The van der Waals surface area contributed by atoms with Gasteiger partial charge < -0.3 is 0 Å². The summed E-state index contributed by atoms with van der Waals surface area (Å²) in [6.45, 7) is 3.55. The molecule has 0 N–H and O–H groups in total. The van der Waals surface area contributed by atoms with Crippen LogP contribution in [-0.2, 0) is 5.11 Å². The van der Waals surface area contributed by atoms with Gasteiger partial charge in [0.2, 0.25) is 0 Å². The quantitative estimate of drug-likeness (QED) is 0.416. The van der Waals surface area contributed by atoms with Gasteiger partial charge in [-0.05, 0) is 0 Å². The molecule has 0 spiro atoms. The molecule has 1 atom stereocenters. The summed E-state index contributed by atoms with van der Waals surface area (Å²) in [4.78, 5) is 0. The summed E-state index contributed by atoms with van der Waals surface area (Å²) in [5.41, 5.74) is 0. The fourth-order valence-corrected chi connectivity index (χ4v) is 0. The maximum Gasteiger partial charge on any atom is 0.342 e. The van der Waals surface area contributed by atoms with Gasteiger partial charge in [0.05, 0.1) is 0 Å². The van der Waals surface area contributed by atoms with E-state index in [1.165, 1.54) is 0 Å². The van der Waals surface area contributed by atoms with Crippen LogP contribution in [0.1, 0.15) is 20.3 Å². The summed E-state index contributed by atoms with van der Waals surface area (Å²) in [6.07, 6.45) is 0.384. The lowest BCUT2D eigenvalue weighted by Gasteiger charge is -1.67. The molecule has 0 fully saturated rings. The molecule has 0 heterocycles. The van der Waals surface area contributed by atoms with Crippen LogP contribution in [0.2, 0.25) is 0 Å². The summed E-state index contributed by atoms with van der Waals surface area (Å²) in [6, 6.07) is 0. The Kier molecular flexibility index (Phi) is 2.19. The third kappa shape index (κ3) is 3.96. The lowest BCUT2D eigenvalue weighted by molar-refractivity contribution is 0.102. The van der Waals surface area contributed by atoms with E-state index < -0.39 is 0 Å². The van der Waals surface area contributed by atoms with E-state index in [0.717, 1.165) is 6.42 Å². The molecular formula is C4H9O+. The van der Waals surface area contributed by atoms with E-state index in [1.54, 1.807) is 6.92 Å². The zero-order valence-corrected chi connectivity index (χ0v) is 3.69. The fourth-order valence-electron chi connectivity index (χ4n) is 0. The standard InChI is InChI=1S/C4H9O/c1-3-4(2)5/h4H,3H2,1-2H3/q+1. The summed E-state index contributed by atoms with van der Waals surface area (Å²) in [7, 11) is 0. The van der Waals surface area contributed by atoms with E-state index in [0.29, 0.717) is 0 Å². The second-order valence-corrected chi connectivity index (χ2v) is 1.22. The summed E-state index contributed by atoms with van der Waals surface area (Å²) in [5.74, 6) is 0. The van der Waals surface area contributed by atoms with Crippen LogP contribution in [0.3, 0.4) is 0 Å². The minimum atomic E-state index is -0.366. The first-order chi connectivity index (χ1) is 2.27. The Morgan fingerprint density at radius 1 is 1.80 bits per heavy atom. The molecule has 0 aliphatic rings. The smallest absolute Gasteiger partial charge is 0.0570 e. The third-order valence-electron chi connectivity index (χ3n) is 0.575. The van der Waals surface area contributed by atoms with E-state index in [9.17, 15) is 5.11 Å². The van der Waals surface area contributed by atoms with Crippen molar-refractivity contribution in [3.8, 4) is 0 Å². The van der Waals surface area contributed by atoms with Crippen molar-refractivity contribution in [3.63, 3.8) is 0 Å². The Balaban J connectivity index is 2.54. The fraction of sp³-hybridized carbons (Fsp3) is 1.00. The van der Waals surface area contributed by atoms with Crippen LogP contribution in [0.25, 0.3) is 0 Å². The van der Waals surface area contributed by atoms with Crippen molar-refractivity contribution in [1.82, 2.24) is 0 Å². The first-order valence-corrected chi connectivity index (χ1v) is 1.93. The first-order valence-electron chi connectivity index (χ1n) is 1.93. The van der Waals surface area contributed by atoms with Crippen LogP contribution in [0.15, 0.2) is 0 Å². The van der Waals surface area contributed by atoms with Gasteiger partial charge in [0.15, 0.2) is 0 Å². The predicted molar refractivity (Wildman–Crippen MR) is 20.4 cm³/mol. The normalized spacial score (nSPS) is 15.0. The van der Waals surface area contributed by atoms with E-state index >= 15 is 0 Å².